The summed E-state index contributed by atoms with van der Waals surface area (Å²) >= 11 is 6.02. The van der Waals surface area contributed by atoms with E-state index >= 15 is 0 Å². The first kappa shape index (κ1) is 20.9. The lowest BCUT2D eigenvalue weighted by molar-refractivity contribution is -0.0425. The molecule has 4 rings (SSSR count). The number of nitrogens with zero attached hydrogens (tertiary/aromatic N) is 3. The van der Waals surface area contributed by atoms with Crippen molar-refractivity contribution in [2.24, 2.45) is 7.05 Å². The Kier molecular flexibility index (Phi) is 5.65. The van der Waals surface area contributed by atoms with Gasteiger partial charge in [-0.25, -0.2) is 4.68 Å². The molecule has 0 spiro atoms. The Morgan fingerprint density at radius 3 is 2.42 bits per heavy atom. The number of halogens is 1. The molecule has 0 saturated carbocycles. The van der Waals surface area contributed by atoms with E-state index in [1.54, 1.807) is 66.7 Å². The molecule has 0 aliphatic rings. The summed E-state index contributed by atoms with van der Waals surface area (Å²) in [5, 5.41) is 24.5. The zero-order valence-corrected chi connectivity index (χ0v) is 17.6. The van der Waals surface area contributed by atoms with Crippen LogP contribution in [-0.4, -0.2) is 31.7 Å². The number of aromatic nitrogens is 3. The quantitative estimate of drug-likeness (QED) is 0.466. The minimum atomic E-state index is -1.67. The second-order valence-corrected chi connectivity index (χ2v) is 7.47. The molecule has 0 aliphatic heterocycles. The van der Waals surface area contributed by atoms with Gasteiger partial charge in [0.05, 0.1) is 19.0 Å². The van der Waals surface area contributed by atoms with Gasteiger partial charge in [0.25, 0.3) is 5.56 Å². The lowest BCUT2D eigenvalue weighted by atomic mass is 9.98. The van der Waals surface area contributed by atoms with E-state index in [0.29, 0.717) is 16.5 Å². The van der Waals surface area contributed by atoms with Crippen molar-refractivity contribution < 1.29 is 14.9 Å². The van der Waals surface area contributed by atoms with Crippen molar-refractivity contribution in [3.63, 3.8) is 0 Å². The van der Waals surface area contributed by atoms with Crippen LogP contribution in [-0.2, 0) is 7.05 Å². The molecule has 0 bridgehead atoms. The smallest absolute Gasteiger partial charge is 0.250 e. The molecule has 31 heavy (non-hydrogen) atoms. The molecule has 0 unspecified atom stereocenters. The number of ether oxygens (including phenoxy) is 1. The third-order valence-corrected chi connectivity index (χ3v) is 5.29. The highest BCUT2D eigenvalue weighted by Crippen LogP contribution is 2.33. The molecule has 2 N–H and O–H groups in total. The van der Waals surface area contributed by atoms with Crippen molar-refractivity contribution in [2.45, 2.75) is 6.29 Å². The van der Waals surface area contributed by atoms with Crippen molar-refractivity contribution in [2.75, 3.05) is 7.11 Å². The molecule has 0 aliphatic carbocycles. The fourth-order valence-corrected chi connectivity index (χ4v) is 3.52. The van der Waals surface area contributed by atoms with Gasteiger partial charge in [0.2, 0.25) is 0 Å². The first-order chi connectivity index (χ1) is 14.9. The number of pyridine rings is 1. The molecular formula is C23H20ClN3O4. The molecule has 7 nitrogen and oxygen atoms in total. The average Bonchev–Trinajstić information content (AvgIpc) is 3.25. The molecule has 4 aromatic rings. The van der Waals surface area contributed by atoms with Gasteiger partial charge in [-0.3, -0.25) is 4.79 Å². The van der Waals surface area contributed by atoms with Crippen LogP contribution in [0.3, 0.4) is 0 Å². The molecule has 8 heteroatoms. The minimum absolute atomic E-state index is 0.139. The van der Waals surface area contributed by atoms with Crippen LogP contribution in [0.15, 0.2) is 71.9 Å². The van der Waals surface area contributed by atoms with Gasteiger partial charge in [0.1, 0.15) is 5.75 Å². The predicted octanol–water partition coefficient (Wildman–Crippen LogP) is 3.55. The fraction of sp³-hybridized carbons (Fsp3) is 0.130. The largest absolute Gasteiger partial charge is 0.497 e. The van der Waals surface area contributed by atoms with Crippen LogP contribution < -0.4 is 10.3 Å². The van der Waals surface area contributed by atoms with E-state index in [9.17, 15) is 15.0 Å². The number of aryl methyl sites for hydroxylation is 1. The molecule has 2 aromatic heterocycles. The molecule has 0 atom stereocenters. The second kappa shape index (κ2) is 8.39. The topological polar surface area (TPSA) is 89.5 Å². The Morgan fingerprint density at radius 2 is 1.74 bits per heavy atom. The standard InChI is InChI=1S/C23H20ClN3O4/c1-26-13-20(19(10-22(26)28)14-3-5-16(24)6-4-14)15-11-25-27(12-15)21-9-17(31-2)7-8-18(21)23(29)30/h3-13,23,29-30H,1-2H3. The third kappa shape index (κ3) is 4.11. The summed E-state index contributed by atoms with van der Waals surface area (Å²) in [7, 11) is 3.22. The van der Waals surface area contributed by atoms with Crippen LogP contribution in [0.4, 0.5) is 0 Å². The van der Waals surface area contributed by atoms with E-state index < -0.39 is 6.29 Å². The maximum atomic E-state index is 12.3. The van der Waals surface area contributed by atoms with Crippen molar-refractivity contribution in [3.05, 3.63) is 88.1 Å². The number of methoxy groups -OCH3 is 1. The first-order valence-corrected chi connectivity index (χ1v) is 9.81. The van der Waals surface area contributed by atoms with Gasteiger partial charge in [0, 0.05) is 53.3 Å². The van der Waals surface area contributed by atoms with Crippen molar-refractivity contribution in [1.29, 1.82) is 0 Å². The highest BCUT2D eigenvalue weighted by atomic mass is 35.5. The number of aliphatic hydroxyl groups is 2. The van der Waals surface area contributed by atoms with Gasteiger partial charge in [-0.05, 0) is 35.4 Å². The number of benzene rings is 2. The van der Waals surface area contributed by atoms with E-state index in [4.69, 9.17) is 16.3 Å². The van der Waals surface area contributed by atoms with Crippen LogP contribution in [0.5, 0.6) is 5.75 Å². The van der Waals surface area contributed by atoms with Crippen LogP contribution >= 0.6 is 11.6 Å². The van der Waals surface area contributed by atoms with E-state index in [1.165, 1.54) is 11.7 Å². The van der Waals surface area contributed by atoms with Crippen LogP contribution in [0.1, 0.15) is 11.9 Å². The third-order valence-electron chi connectivity index (χ3n) is 5.04. The summed E-state index contributed by atoms with van der Waals surface area (Å²) < 4.78 is 8.31. The van der Waals surface area contributed by atoms with E-state index in [-0.39, 0.29) is 11.1 Å². The number of hydrogen-bond acceptors (Lipinski definition) is 5. The minimum Gasteiger partial charge on any atom is -0.497 e. The summed E-state index contributed by atoms with van der Waals surface area (Å²) in [6, 6.07) is 13.7. The highest BCUT2D eigenvalue weighted by molar-refractivity contribution is 6.30. The monoisotopic (exact) mass is 437 g/mol. The molecule has 0 fully saturated rings. The SMILES string of the molecule is COc1ccc(C(O)O)c(-n2cc(-c3cn(C)c(=O)cc3-c3ccc(Cl)cc3)cn2)c1. The summed E-state index contributed by atoms with van der Waals surface area (Å²) in [6.07, 6.45) is 3.50. The highest BCUT2D eigenvalue weighted by Gasteiger charge is 2.16. The molecule has 0 amide bonds. The zero-order chi connectivity index (χ0) is 22.1. The molecule has 0 radical (unpaired) electrons. The summed E-state index contributed by atoms with van der Waals surface area (Å²) in [6.45, 7) is 0. The summed E-state index contributed by atoms with van der Waals surface area (Å²) in [5.74, 6) is 0.556. The lowest BCUT2D eigenvalue weighted by Crippen LogP contribution is -2.15. The van der Waals surface area contributed by atoms with Gasteiger partial charge in [0.15, 0.2) is 6.29 Å². The number of aliphatic hydroxyl groups excluding tert-OH is 1. The van der Waals surface area contributed by atoms with E-state index in [0.717, 1.165) is 22.3 Å². The van der Waals surface area contributed by atoms with E-state index in [2.05, 4.69) is 5.10 Å². The van der Waals surface area contributed by atoms with Crippen molar-refractivity contribution >= 4 is 11.6 Å². The van der Waals surface area contributed by atoms with Crippen LogP contribution in [0.25, 0.3) is 27.9 Å². The van der Waals surface area contributed by atoms with Crippen molar-refractivity contribution in [3.8, 4) is 33.7 Å². The lowest BCUT2D eigenvalue weighted by Gasteiger charge is -2.13. The van der Waals surface area contributed by atoms with Crippen LogP contribution in [0.2, 0.25) is 5.02 Å². The normalized spacial score (nSPS) is 11.2. The fourth-order valence-electron chi connectivity index (χ4n) is 3.39. The Bertz CT molecular complexity index is 1290. The molecule has 2 aromatic carbocycles. The van der Waals surface area contributed by atoms with Gasteiger partial charge in [-0.15, -0.1) is 0 Å². The summed E-state index contributed by atoms with van der Waals surface area (Å²) in [5.41, 5.74) is 3.75. The van der Waals surface area contributed by atoms with Gasteiger partial charge >= 0.3 is 0 Å². The Labute approximate surface area is 183 Å². The molecular weight excluding hydrogens is 418 g/mol. The van der Waals surface area contributed by atoms with Gasteiger partial charge in [-0.2, -0.15) is 5.10 Å². The average molecular weight is 438 g/mol. The zero-order valence-electron chi connectivity index (χ0n) is 16.9. The van der Waals surface area contributed by atoms with Gasteiger partial charge < -0.3 is 19.5 Å². The number of rotatable bonds is 5. The molecule has 2 heterocycles. The van der Waals surface area contributed by atoms with E-state index in [1.807, 2.05) is 12.1 Å². The Hall–Kier alpha value is -3.39. The van der Waals surface area contributed by atoms with Crippen molar-refractivity contribution in [1.82, 2.24) is 14.3 Å². The number of hydrogen-bond donors (Lipinski definition) is 2. The van der Waals surface area contributed by atoms with Gasteiger partial charge in [-0.1, -0.05) is 23.7 Å². The predicted molar refractivity (Wildman–Crippen MR) is 118 cm³/mol. The maximum absolute atomic E-state index is 12.3. The first-order valence-electron chi connectivity index (χ1n) is 9.43. The molecule has 0 saturated heterocycles. The Morgan fingerprint density at radius 1 is 1.00 bits per heavy atom. The maximum Gasteiger partial charge on any atom is 0.250 e. The second-order valence-electron chi connectivity index (χ2n) is 7.03. The Balaban J connectivity index is 1.86. The van der Waals surface area contributed by atoms with Crippen LogP contribution in [0, 0.1) is 0 Å². The summed E-state index contributed by atoms with van der Waals surface area (Å²) in [4.78, 5) is 12.3. The molecule has 158 valence electrons.